The maximum atomic E-state index is 12.4. The Morgan fingerprint density at radius 2 is 2.05 bits per heavy atom. The molecule has 0 bridgehead atoms. The van der Waals surface area contributed by atoms with E-state index in [1.54, 1.807) is 6.92 Å². The third-order valence-electron chi connectivity index (χ3n) is 2.57. The maximum absolute atomic E-state index is 12.4. The predicted octanol–water partition coefficient (Wildman–Crippen LogP) is 3.02. The van der Waals surface area contributed by atoms with Gasteiger partial charge in [0, 0.05) is 5.56 Å². The molecule has 8 heteroatoms. The maximum Gasteiger partial charge on any atom is 0.471 e. The van der Waals surface area contributed by atoms with Gasteiger partial charge in [-0.25, -0.2) is 4.79 Å². The quantitative estimate of drug-likeness (QED) is 0.938. The Balaban J connectivity index is 2.49. The van der Waals surface area contributed by atoms with Crippen LogP contribution in [0.15, 0.2) is 22.7 Å². The van der Waals surface area contributed by atoms with Crippen molar-refractivity contribution in [2.75, 3.05) is 0 Å². The lowest BCUT2D eigenvalue weighted by atomic mass is 10.0. The van der Waals surface area contributed by atoms with E-state index in [1.807, 2.05) is 0 Å². The van der Waals surface area contributed by atoms with Gasteiger partial charge in [0.2, 0.25) is 5.82 Å². The highest BCUT2D eigenvalue weighted by atomic mass is 19.4. The summed E-state index contributed by atoms with van der Waals surface area (Å²) in [6.45, 7) is 1.79. The number of aryl methyl sites for hydroxylation is 1. The molecule has 1 heterocycles. The molecule has 0 spiro atoms. The monoisotopic (exact) mass is 286 g/mol. The van der Waals surface area contributed by atoms with Crippen molar-refractivity contribution in [2.45, 2.75) is 19.5 Å². The van der Waals surface area contributed by atoms with E-state index >= 15 is 0 Å². The molecule has 0 amide bonds. The van der Waals surface area contributed by atoms with Crippen molar-refractivity contribution < 1.29 is 27.6 Å². The first-order chi connectivity index (χ1) is 9.31. The second-order valence-corrected chi connectivity index (χ2v) is 4.00. The molecule has 0 atom stereocenters. The van der Waals surface area contributed by atoms with Crippen LogP contribution in [-0.2, 0) is 12.6 Å². The summed E-state index contributed by atoms with van der Waals surface area (Å²) in [5.41, 5.74) is 0.775. The molecular weight excluding hydrogens is 277 g/mol. The number of halogens is 3. The highest BCUT2D eigenvalue weighted by Gasteiger charge is 2.38. The molecule has 1 aromatic heterocycles. The summed E-state index contributed by atoms with van der Waals surface area (Å²) in [6, 6.07) is 4.17. The van der Waals surface area contributed by atoms with Crippen LogP contribution in [-0.4, -0.2) is 21.2 Å². The lowest BCUT2D eigenvalue weighted by Gasteiger charge is -2.03. The van der Waals surface area contributed by atoms with E-state index in [1.165, 1.54) is 18.2 Å². The Hall–Kier alpha value is -2.38. The number of alkyl halides is 3. The summed E-state index contributed by atoms with van der Waals surface area (Å²) in [7, 11) is 0. The van der Waals surface area contributed by atoms with Gasteiger partial charge in [0.15, 0.2) is 0 Å². The molecule has 0 aliphatic carbocycles. The summed E-state index contributed by atoms with van der Waals surface area (Å²) in [5, 5.41) is 12.2. The normalized spacial score (nSPS) is 11.6. The highest BCUT2D eigenvalue weighted by molar-refractivity contribution is 5.89. The molecule has 1 aromatic carbocycles. The number of nitrogens with zero attached hydrogens (tertiary/aromatic N) is 2. The van der Waals surface area contributed by atoms with Gasteiger partial charge >= 0.3 is 18.0 Å². The van der Waals surface area contributed by atoms with Crippen molar-refractivity contribution >= 4 is 5.97 Å². The number of hydrogen-bond acceptors (Lipinski definition) is 4. The number of carbonyl (C=O) groups is 1. The van der Waals surface area contributed by atoms with Gasteiger partial charge in [-0.3, -0.25) is 0 Å². The number of aromatic carboxylic acids is 1. The summed E-state index contributed by atoms with van der Waals surface area (Å²) in [4.78, 5) is 14.2. The third kappa shape index (κ3) is 2.79. The highest BCUT2D eigenvalue weighted by Crippen LogP contribution is 2.29. The second kappa shape index (κ2) is 4.95. The molecule has 1 N–H and O–H groups in total. The largest absolute Gasteiger partial charge is 0.478 e. The molecule has 5 nitrogen and oxygen atoms in total. The molecule has 0 saturated heterocycles. The van der Waals surface area contributed by atoms with Crippen LogP contribution in [0.3, 0.4) is 0 Å². The Bertz CT molecular complexity index is 650. The number of rotatable bonds is 3. The molecule has 0 saturated carbocycles. The van der Waals surface area contributed by atoms with E-state index in [9.17, 15) is 18.0 Å². The van der Waals surface area contributed by atoms with Gasteiger partial charge in [0.1, 0.15) is 0 Å². The first-order valence-corrected chi connectivity index (χ1v) is 5.59. The molecule has 0 aliphatic rings. The molecule has 2 aromatic rings. The molecule has 2 rings (SSSR count). The molecule has 0 aliphatic heterocycles. The Kier molecular flexibility index (Phi) is 3.47. The molecule has 106 valence electrons. The molecule has 0 radical (unpaired) electrons. The van der Waals surface area contributed by atoms with E-state index in [0.29, 0.717) is 12.0 Å². The fourth-order valence-corrected chi connectivity index (χ4v) is 1.60. The molecule has 0 unspecified atom stereocenters. The van der Waals surface area contributed by atoms with Crippen molar-refractivity contribution in [3.05, 3.63) is 35.2 Å². The van der Waals surface area contributed by atoms with Gasteiger partial charge in [-0.2, -0.15) is 18.2 Å². The zero-order valence-electron chi connectivity index (χ0n) is 10.2. The number of carboxylic acids is 1. The minimum Gasteiger partial charge on any atom is -0.478 e. The second-order valence-electron chi connectivity index (χ2n) is 4.00. The van der Waals surface area contributed by atoms with Crippen molar-refractivity contribution in [2.24, 2.45) is 0 Å². The lowest BCUT2D eigenvalue weighted by Crippen LogP contribution is -2.05. The SMILES string of the molecule is CCc1cc(C(=O)O)cc(-c2noc(C(F)(F)F)n2)c1. The van der Waals surface area contributed by atoms with Crippen molar-refractivity contribution in [3.63, 3.8) is 0 Å². The van der Waals surface area contributed by atoms with Crippen molar-refractivity contribution in [3.8, 4) is 11.4 Å². The smallest absolute Gasteiger partial charge is 0.471 e. The lowest BCUT2D eigenvalue weighted by molar-refractivity contribution is -0.159. The summed E-state index contributed by atoms with van der Waals surface area (Å²) >= 11 is 0. The number of benzene rings is 1. The van der Waals surface area contributed by atoms with Crippen LogP contribution in [0.1, 0.15) is 28.7 Å². The fraction of sp³-hybridized carbons (Fsp3) is 0.250. The summed E-state index contributed by atoms with van der Waals surface area (Å²) in [5.74, 6) is -2.94. The average molecular weight is 286 g/mol. The van der Waals surface area contributed by atoms with Crippen molar-refractivity contribution in [1.82, 2.24) is 10.1 Å². The van der Waals surface area contributed by atoms with Crippen LogP contribution in [0.2, 0.25) is 0 Å². The minimum atomic E-state index is -4.73. The Morgan fingerprint density at radius 3 is 2.55 bits per heavy atom. The van der Waals surface area contributed by atoms with E-state index in [0.717, 1.165) is 0 Å². The number of hydrogen-bond donors (Lipinski definition) is 1. The van der Waals surface area contributed by atoms with Crippen LogP contribution < -0.4 is 0 Å². The fourth-order valence-electron chi connectivity index (χ4n) is 1.60. The minimum absolute atomic E-state index is 0.0438. The van der Waals surface area contributed by atoms with Gasteiger partial charge in [-0.15, -0.1) is 0 Å². The Labute approximate surface area is 111 Å². The van der Waals surface area contributed by atoms with Gasteiger partial charge in [0.05, 0.1) is 5.56 Å². The van der Waals surface area contributed by atoms with Gasteiger partial charge in [-0.1, -0.05) is 12.1 Å². The standard InChI is InChI=1S/C12H9F3N2O3/c1-2-6-3-7(5-8(4-6)10(18)19)9-16-11(20-17-9)12(13,14)15/h3-5H,2H2,1H3,(H,18,19). The molecular formula is C12H9F3N2O3. The van der Waals surface area contributed by atoms with Gasteiger partial charge in [0.25, 0.3) is 0 Å². The van der Waals surface area contributed by atoms with Crippen LogP contribution in [0.4, 0.5) is 13.2 Å². The van der Waals surface area contributed by atoms with Crippen LogP contribution in [0, 0.1) is 0 Å². The van der Waals surface area contributed by atoms with Crippen LogP contribution in [0.5, 0.6) is 0 Å². The zero-order valence-corrected chi connectivity index (χ0v) is 10.2. The van der Waals surface area contributed by atoms with Crippen LogP contribution in [0.25, 0.3) is 11.4 Å². The van der Waals surface area contributed by atoms with E-state index in [-0.39, 0.29) is 17.0 Å². The van der Waals surface area contributed by atoms with E-state index in [4.69, 9.17) is 5.11 Å². The zero-order chi connectivity index (χ0) is 14.9. The van der Waals surface area contributed by atoms with E-state index in [2.05, 4.69) is 14.7 Å². The first kappa shape index (κ1) is 14.0. The topological polar surface area (TPSA) is 76.2 Å². The van der Waals surface area contributed by atoms with Gasteiger partial charge in [-0.05, 0) is 30.2 Å². The van der Waals surface area contributed by atoms with Gasteiger partial charge < -0.3 is 9.63 Å². The molecule has 0 fully saturated rings. The number of aromatic nitrogens is 2. The van der Waals surface area contributed by atoms with E-state index < -0.39 is 18.0 Å². The first-order valence-electron chi connectivity index (χ1n) is 5.59. The average Bonchev–Trinajstić information content (AvgIpc) is 2.87. The Morgan fingerprint density at radius 1 is 1.35 bits per heavy atom. The summed E-state index contributed by atoms with van der Waals surface area (Å²) < 4.78 is 41.3. The molecule has 20 heavy (non-hydrogen) atoms. The summed E-state index contributed by atoms with van der Waals surface area (Å²) in [6.07, 6.45) is -4.21. The van der Waals surface area contributed by atoms with Crippen molar-refractivity contribution in [1.29, 1.82) is 0 Å². The number of carboxylic acid groups (broad SMARTS) is 1. The third-order valence-corrected chi connectivity index (χ3v) is 2.57. The predicted molar refractivity (Wildman–Crippen MR) is 61.1 cm³/mol. The van der Waals surface area contributed by atoms with Crippen LogP contribution >= 0.6 is 0 Å².